The third-order valence-electron chi connectivity index (χ3n) is 5.01. The van der Waals surface area contributed by atoms with E-state index in [0.717, 1.165) is 17.0 Å². The number of ether oxygens (including phenoxy) is 1. The number of benzene rings is 2. The van der Waals surface area contributed by atoms with Gasteiger partial charge in [-0.3, -0.25) is 19.8 Å². The summed E-state index contributed by atoms with van der Waals surface area (Å²) < 4.78 is 5.09. The predicted molar refractivity (Wildman–Crippen MR) is 114 cm³/mol. The molecule has 2 aromatic rings. The lowest BCUT2D eigenvalue weighted by atomic mass is 10.1. The Labute approximate surface area is 180 Å². The van der Waals surface area contributed by atoms with Crippen molar-refractivity contribution in [2.45, 2.75) is 39.2 Å². The molecule has 0 aromatic heterocycles. The number of amides is 3. The number of anilines is 1. The molecule has 0 saturated carbocycles. The summed E-state index contributed by atoms with van der Waals surface area (Å²) in [5.41, 5.74) is 5.34. The third-order valence-corrected chi connectivity index (χ3v) is 5.01. The number of aryl methyl sites for hydroxylation is 1. The van der Waals surface area contributed by atoms with Crippen LogP contribution in [0.25, 0.3) is 0 Å². The fourth-order valence-electron chi connectivity index (χ4n) is 3.15. The van der Waals surface area contributed by atoms with E-state index in [-0.39, 0.29) is 36.3 Å². The molecule has 2 aromatic carbocycles. The van der Waals surface area contributed by atoms with Gasteiger partial charge >= 0.3 is 5.97 Å². The van der Waals surface area contributed by atoms with Gasteiger partial charge in [-0.25, -0.2) is 9.80 Å². The van der Waals surface area contributed by atoms with E-state index in [1.54, 1.807) is 0 Å². The Morgan fingerprint density at radius 1 is 1.06 bits per heavy atom. The second-order valence-corrected chi connectivity index (χ2v) is 7.27. The number of nitrogens with one attached hydrogen (secondary N) is 2. The fraction of sp³-hybridized carbons (Fsp3) is 0.304. The first-order valence-corrected chi connectivity index (χ1v) is 10.1. The van der Waals surface area contributed by atoms with Crippen LogP contribution in [0.5, 0.6) is 0 Å². The maximum Gasteiger partial charge on any atom is 0.338 e. The predicted octanol–water partition coefficient (Wildman–Crippen LogP) is 2.44. The number of hydrazine groups is 1. The van der Waals surface area contributed by atoms with E-state index in [1.807, 2.05) is 31.2 Å². The number of hydrogen-bond acceptors (Lipinski definition) is 5. The van der Waals surface area contributed by atoms with Crippen molar-refractivity contribution in [3.63, 3.8) is 0 Å². The quantitative estimate of drug-likeness (QED) is 0.666. The first-order chi connectivity index (χ1) is 14.9. The Bertz CT molecular complexity index is 970. The lowest BCUT2D eigenvalue weighted by Gasteiger charge is -2.27. The van der Waals surface area contributed by atoms with Gasteiger partial charge in [-0.2, -0.15) is 0 Å². The molecule has 3 amide bonds. The topological polar surface area (TPSA) is 105 Å². The molecule has 1 aliphatic rings. The molecule has 8 nitrogen and oxygen atoms in total. The number of carbonyl (C=O) groups is 4. The van der Waals surface area contributed by atoms with E-state index in [9.17, 15) is 19.2 Å². The molecule has 1 fully saturated rings. The van der Waals surface area contributed by atoms with Crippen LogP contribution >= 0.6 is 0 Å². The molecule has 3 rings (SSSR count). The highest BCUT2D eigenvalue weighted by Crippen LogP contribution is 2.18. The van der Waals surface area contributed by atoms with Crippen LogP contribution in [0.1, 0.15) is 54.2 Å². The molecule has 1 aliphatic heterocycles. The summed E-state index contributed by atoms with van der Waals surface area (Å²) in [5.74, 6) is -1.54. The van der Waals surface area contributed by atoms with Crippen LogP contribution in [0.3, 0.4) is 0 Å². The largest absolute Gasteiger partial charge is 0.452 e. The molecule has 1 heterocycles. The van der Waals surface area contributed by atoms with Gasteiger partial charge in [0.15, 0.2) is 6.61 Å². The van der Waals surface area contributed by atoms with Crippen LogP contribution in [-0.2, 0) is 25.5 Å². The molecule has 1 unspecified atom stereocenters. The maximum atomic E-state index is 12.2. The monoisotopic (exact) mass is 423 g/mol. The lowest BCUT2D eigenvalue weighted by molar-refractivity contribution is -0.130. The third kappa shape index (κ3) is 5.69. The first kappa shape index (κ1) is 22.0. The molecular weight excluding hydrogens is 398 g/mol. The zero-order valence-corrected chi connectivity index (χ0v) is 17.5. The average Bonchev–Trinajstić information content (AvgIpc) is 2.79. The highest BCUT2D eigenvalue weighted by Gasteiger charge is 2.24. The van der Waals surface area contributed by atoms with Gasteiger partial charge in [0.25, 0.3) is 5.91 Å². The van der Waals surface area contributed by atoms with E-state index < -0.39 is 18.5 Å². The molecule has 162 valence electrons. The summed E-state index contributed by atoms with van der Waals surface area (Å²) >= 11 is 0. The Balaban J connectivity index is 1.51. The number of nitrogens with zero attached hydrogens (tertiary/aromatic N) is 1. The van der Waals surface area contributed by atoms with Gasteiger partial charge in [0.2, 0.25) is 11.8 Å². The lowest BCUT2D eigenvalue weighted by Crippen LogP contribution is -2.50. The van der Waals surface area contributed by atoms with E-state index in [0.29, 0.717) is 5.69 Å². The van der Waals surface area contributed by atoms with Gasteiger partial charge in [0.05, 0.1) is 17.3 Å². The van der Waals surface area contributed by atoms with Crippen LogP contribution < -0.4 is 15.8 Å². The number of hydrogen-bond donors (Lipinski definition) is 2. The van der Waals surface area contributed by atoms with Crippen molar-refractivity contribution in [3.8, 4) is 0 Å². The average molecular weight is 423 g/mol. The molecule has 2 N–H and O–H groups in total. The van der Waals surface area contributed by atoms with Gasteiger partial charge in [0, 0.05) is 12.8 Å². The molecule has 1 saturated heterocycles. The number of carbonyl (C=O) groups excluding carboxylic acids is 4. The SMILES string of the molecule is CCc1ccc(C(C)NC(=O)COC(=O)c2ccc(N3NC(=O)CCC3=O)cc2)cc1. The fourth-order valence-corrected chi connectivity index (χ4v) is 3.15. The first-order valence-electron chi connectivity index (χ1n) is 10.1. The summed E-state index contributed by atoms with van der Waals surface area (Å²) in [6, 6.07) is 13.8. The van der Waals surface area contributed by atoms with E-state index in [1.165, 1.54) is 29.8 Å². The van der Waals surface area contributed by atoms with Crippen LogP contribution in [0.4, 0.5) is 5.69 Å². The zero-order valence-electron chi connectivity index (χ0n) is 17.5. The highest BCUT2D eigenvalue weighted by atomic mass is 16.5. The van der Waals surface area contributed by atoms with E-state index in [2.05, 4.69) is 17.7 Å². The molecule has 0 bridgehead atoms. The standard InChI is InChI=1S/C23H25N3O5/c1-3-16-4-6-17(7-5-16)15(2)24-21(28)14-31-23(30)18-8-10-19(11-9-18)26-22(29)13-12-20(27)25-26/h4-11,15H,3,12-14H2,1-2H3,(H,24,28)(H,25,27). The van der Waals surface area contributed by atoms with E-state index in [4.69, 9.17) is 4.74 Å². The second kappa shape index (κ2) is 9.88. The molecule has 8 heteroatoms. The van der Waals surface area contributed by atoms with Gasteiger partial charge < -0.3 is 10.1 Å². The second-order valence-electron chi connectivity index (χ2n) is 7.27. The minimum Gasteiger partial charge on any atom is -0.452 e. The van der Waals surface area contributed by atoms with Gasteiger partial charge in [-0.1, -0.05) is 31.2 Å². The highest BCUT2D eigenvalue weighted by molar-refractivity contribution is 6.01. The van der Waals surface area contributed by atoms with Crippen molar-refractivity contribution in [2.24, 2.45) is 0 Å². The maximum absolute atomic E-state index is 12.2. The van der Waals surface area contributed by atoms with Gasteiger partial charge in [0.1, 0.15) is 0 Å². The minimum atomic E-state index is -0.657. The summed E-state index contributed by atoms with van der Waals surface area (Å²) in [7, 11) is 0. The summed E-state index contributed by atoms with van der Waals surface area (Å²) in [5, 5.41) is 3.96. The molecular formula is C23H25N3O5. The summed E-state index contributed by atoms with van der Waals surface area (Å²) in [4.78, 5) is 47.8. The normalized spacial score (nSPS) is 14.6. The van der Waals surface area contributed by atoms with Crippen molar-refractivity contribution < 1.29 is 23.9 Å². The molecule has 1 atom stereocenters. The van der Waals surface area contributed by atoms with Crippen LogP contribution in [0, 0.1) is 0 Å². The number of rotatable bonds is 7. The molecule has 0 spiro atoms. The Morgan fingerprint density at radius 3 is 2.39 bits per heavy atom. The van der Waals surface area contributed by atoms with Crippen molar-refractivity contribution in [1.29, 1.82) is 0 Å². The number of esters is 1. The van der Waals surface area contributed by atoms with Crippen LogP contribution in [0.2, 0.25) is 0 Å². The van der Waals surface area contributed by atoms with E-state index >= 15 is 0 Å². The summed E-state index contributed by atoms with van der Waals surface area (Å²) in [6.07, 6.45) is 1.23. The van der Waals surface area contributed by atoms with Crippen LogP contribution in [-0.4, -0.2) is 30.3 Å². The molecule has 0 radical (unpaired) electrons. The van der Waals surface area contributed by atoms with Crippen molar-refractivity contribution >= 4 is 29.4 Å². The molecule has 31 heavy (non-hydrogen) atoms. The van der Waals surface area contributed by atoms with Crippen molar-refractivity contribution in [2.75, 3.05) is 11.6 Å². The zero-order chi connectivity index (χ0) is 22.4. The summed E-state index contributed by atoms with van der Waals surface area (Å²) in [6.45, 7) is 3.53. The Kier molecular flexibility index (Phi) is 7.02. The molecule has 0 aliphatic carbocycles. The minimum absolute atomic E-state index is 0.131. The Morgan fingerprint density at radius 2 is 1.74 bits per heavy atom. The van der Waals surface area contributed by atoms with Crippen molar-refractivity contribution in [3.05, 3.63) is 65.2 Å². The van der Waals surface area contributed by atoms with Crippen molar-refractivity contribution in [1.82, 2.24) is 10.7 Å². The Hall–Kier alpha value is -3.68. The van der Waals surface area contributed by atoms with Crippen LogP contribution in [0.15, 0.2) is 48.5 Å². The van der Waals surface area contributed by atoms with Gasteiger partial charge in [-0.15, -0.1) is 0 Å². The smallest absolute Gasteiger partial charge is 0.338 e. The van der Waals surface area contributed by atoms with Gasteiger partial charge in [-0.05, 0) is 48.7 Å².